The van der Waals surface area contributed by atoms with Gasteiger partial charge in [-0.15, -0.1) is 11.6 Å². The van der Waals surface area contributed by atoms with Gasteiger partial charge >= 0.3 is 0 Å². The Hall–Kier alpha value is -0.530. The van der Waals surface area contributed by atoms with Crippen molar-refractivity contribution in [1.82, 2.24) is 0 Å². The van der Waals surface area contributed by atoms with Crippen LogP contribution in [0, 0.1) is 12.8 Å². The molecule has 2 heteroatoms. The van der Waals surface area contributed by atoms with Crippen LogP contribution in [0.1, 0.15) is 36.3 Å². The number of alkyl halides is 1. The maximum Gasteiger partial charge on any atom is 0.0468 e. The van der Waals surface area contributed by atoms with Gasteiger partial charge < -0.3 is 4.74 Å². The summed E-state index contributed by atoms with van der Waals surface area (Å²) in [6.45, 7) is 3.99. The fourth-order valence-electron chi connectivity index (χ4n) is 2.60. The van der Waals surface area contributed by atoms with Crippen molar-refractivity contribution >= 4 is 11.6 Å². The number of rotatable bonds is 4. The molecule has 0 spiro atoms. The molecule has 17 heavy (non-hydrogen) atoms. The number of aryl methyl sites for hydroxylation is 1. The summed E-state index contributed by atoms with van der Waals surface area (Å²) in [4.78, 5) is 0. The Morgan fingerprint density at radius 3 is 2.76 bits per heavy atom. The van der Waals surface area contributed by atoms with E-state index in [9.17, 15) is 0 Å². The van der Waals surface area contributed by atoms with Crippen LogP contribution in [0.5, 0.6) is 0 Å². The molecule has 1 saturated heterocycles. The van der Waals surface area contributed by atoms with Crippen LogP contribution in [-0.2, 0) is 4.74 Å². The van der Waals surface area contributed by atoms with Gasteiger partial charge in [0.15, 0.2) is 0 Å². The molecule has 0 radical (unpaired) electrons. The average molecular weight is 253 g/mol. The molecule has 1 aliphatic rings. The van der Waals surface area contributed by atoms with Crippen molar-refractivity contribution < 1.29 is 4.74 Å². The number of halogens is 1. The summed E-state index contributed by atoms with van der Waals surface area (Å²) < 4.78 is 5.41. The Kier molecular flexibility index (Phi) is 4.87. The second kappa shape index (κ2) is 6.42. The highest BCUT2D eigenvalue weighted by atomic mass is 35.5. The van der Waals surface area contributed by atoms with Crippen molar-refractivity contribution in [3.8, 4) is 0 Å². The standard InChI is InChI=1S/C15H21ClO/c1-12-3-2-4-14(9-12)15(11-16)10-13-5-7-17-8-6-13/h2-4,9,13,15H,5-8,10-11H2,1H3. The van der Waals surface area contributed by atoms with Crippen molar-refractivity contribution in [1.29, 1.82) is 0 Å². The highest BCUT2D eigenvalue weighted by Crippen LogP contribution is 2.30. The maximum absolute atomic E-state index is 6.14. The summed E-state index contributed by atoms with van der Waals surface area (Å²) in [5, 5.41) is 0. The van der Waals surface area contributed by atoms with Gasteiger partial charge in [0.05, 0.1) is 0 Å². The second-order valence-electron chi connectivity index (χ2n) is 5.06. The predicted molar refractivity (Wildman–Crippen MR) is 72.8 cm³/mol. The number of ether oxygens (including phenoxy) is 1. The zero-order valence-corrected chi connectivity index (χ0v) is 11.2. The smallest absolute Gasteiger partial charge is 0.0468 e. The van der Waals surface area contributed by atoms with E-state index < -0.39 is 0 Å². The van der Waals surface area contributed by atoms with Gasteiger partial charge in [0.25, 0.3) is 0 Å². The highest BCUT2D eigenvalue weighted by molar-refractivity contribution is 6.18. The van der Waals surface area contributed by atoms with Crippen molar-refractivity contribution in [2.45, 2.75) is 32.1 Å². The largest absolute Gasteiger partial charge is 0.381 e. The summed E-state index contributed by atoms with van der Waals surface area (Å²) >= 11 is 6.14. The SMILES string of the molecule is Cc1cccc(C(CCl)CC2CCOCC2)c1. The Bertz CT molecular complexity index is 345. The van der Waals surface area contributed by atoms with Crippen molar-refractivity contribution in [2.24, 2.45) is 5.92 Å². The molecule has 1 aromatic carbocycles. The van der Waals surface area contributed by atoms with E-state index in [0.717, 1.165) is 25.0 Å². The topological polar surface area (TPSA) is 9.23 Å². The minimum Gasteiger partial charge on any atom is -0.381 e. The zero-order chi connectivity index (χ0) is 12.1. The first-order valence-corrected chi connectivity index (χ1v) is 7.03. The van der Waals surface area contributed by atoms with E-state index in [0.29, 0.717) is 5.92 Å². The summed E-state index contributed by atoms with van der Waals surface area (Å²) in [7, 11) is 0. The first-order chi connectivity index (χ1) is 8.29. The molecule has 0 aliphatic carbocycles. The van der Waals surface area contributed by atoms with Crippen molar-refractivity contribution in [2.75, 3.05) is 19.1 Å². The van der Waals surface area contributed by atoms with E-state index in [1.807, 2.05) is 0 Å². The van der Waals surface area contributed by atoms with Crippen LogP contribution in [0.15, 0.2) is 24.3 Å². The number of hydrogen-bond donors (Lipinski definition) is 0. The molecule has 1 fully saturated rings. The Morgan fingerprint density at radius 2 is 2.12 bits per heavy atom. The highest BCUT2D eigenvalue weighted by Gasteiger charge is 2.20. The van der Waals surface area contributed by atoms with Gasteiger partial charge in [-0.3, -0.25) is 0 Å². The molecule has 2 rings (SSSR count). The molecule has 1 heterocycles. The second-order valence-corrected chi connectivity index (χ2v) is 5.37. The lowest BCUT2D eigenvalue weighted by Gasteiger charge is -2.26. The Balaban J connectivity index is 2.00. The van der Waals surface area contributed by atoms with E-state index in [-0.39, 0.29) is 0 Å². The monoisotopic (exact) mass is 252 g/mol. The third-order valence-corrected chi connectivity index (χ3v) is 4.03. The number of hydrogen-bond acceptors (Lipinski definition) is 1. The molecule has 1 aliphatic heterocycles. The third kappa shape index (κ3) is 3.72. The Morgan fingerprint density at radius 1 is 1.35 bits per heavy atom. The number of benzene rings is 1. The molecular formula is C15H21ClO. The minimum atomic E-state index is 0.500. The van der Waals surface area contributed by atoms with Crippen LogP contribution in [0.2, 0.25) is 0 Å². The first-order valence-electron chi connectivity index (χ1n) is 6.50. The van der Waals surface area contributed by atoms with Crippen molar-refractivity contribution in [3.05, 3.63) is 35.4 Å². The van der Waals surface area contributed by atoms with E-state index in [2.05, 4.69) is 31.2 Å². The van der Waals surface area contributed by atoms with Crippen LogP contribution in [0.25, 0.3) is 0 Å². The normalized spacial score (nSPS) is 19.2. The molecule has 0 saturated carbocycles. The van der Waals surface area contributed by atoms with E-state index >= 15 is 0 Å². The molecule has 1 unspecified atom stereocenters. The fraction of sp³-hybridized carbons (Fsp3) is 0.600. The van der Waals surface area contributed by atoms with Crippen LogP contribution in [-0.4, -0.2) is 19.1 Å². The summed E-state index contributed by atoms with van der Waals surface area (Å²) in [5.74, 6) is 2.01. The lowest BCUT2D eigenvalue weighted by molar-refractivity contribution is 0.0622. The lowest BCUT2D eigenvalue weighted by Crippen LogP contribution is -2.18. The van der Waals surface area contributed by atoms with Gasteiger partial charge in [-0.1, -0.05) is 29.8 Å². The third-order valence-electron chi connectivity index (χ3n) is 3.66. The van der Waals surface area contributed by atoms with Gasteiger partial charge in [-0.05, 0) is 43.6 Å². The average Bonchev–Trinajstić information content (AvgIpc) is 2.37. The van der Waals surface area contributed by atoms with Gasteiger partial charge in [0.2, 0.25) is 0 Å². The van der Waals surface area contributed by atoms with Crippen LogP contribution in [0.3, 0.4) is 0 Å². The quantitative estimate of drug-likeness (QED) is 0.732. The van der Waals surface area contributed by atoms with Gasteiger partial charge in [0, 0.05) is 19.1 Å². The molecule has 1 nitrogen and oxygen atoms in total. The van der Waals surface area contributed by atoms with Crippen molar-refractivity contribution in [3.63, 3.8) is 0 Å². The fourth-order valence-corrected chi connectivity index (χ4v) is 2.90. The summed E-state index contributed by atoms with van der Waals surface area (Å²) in [6, 6.07) is 8.75. The molecule has 1 atom stereocenters. The van der Waals surface area contributed by atoms with Gasteiger partial charge in [0.1, 0.15) is 0 Å². The van der Waals surface area contributed by atoms with Gasteiger partial charge in [-0.2, -0.15) is 0 Å². The Labute approximate surface area is 109 Å². The molecular weight excluding hydrogens is 232 g/mol. The summed E-state index contributed by atoms with van der Waals surface area (Å²) in [6.07, 6.45) is 3.59. The first kappa shape index (κ1) is 12.9. The molecule has 0 aromatic heterocycles. The molecule has 0 N–H and O–H groups in total. The molecule has 1 aromatic rings. The summed E-state index contributed by atoms with van der Waals surface area (Å²) in [5.41, 5.74) is 2.72. The van der Waals surface area contributed by atoms with Crippen LogP contribution >= 0.6 is 11.6 Å². The maximum atomic E-state index is 6.14. The van der Waals surface area contributed by atoms with Crippen LogP contribution in [0.4, 0.5) is 0 Å². The van der Waals surface area contributed by atoms with E-state index in [1.54, 1.807) is 0 Å². The lowest BCUT2D eigenvalue weighted by atomic mass is 9.86. The molecule has 0 bridgehead atoms. The van der Waals surface area contributed by atoms with Gasteiger partial charge in [-0.25, -0.2) is 0 Å². The zero-order valence-electron chi connectivity index (χ0n) is 10.5. The molecule has 94 valence electrons. The molecule has 0 amide bonds. The van der Waals surface area contributed by atoms with E-state index in [4.69, 9.17) is 16.3 Å². The van der Waals surface area contributed by atoms with Crippen LogP contribution < -0.4 is 0 Å². The predicted octanol–water partition coefficient (Wildman–Crippen LogP) is 4.13. The minimum absolute atomic E-state index is 0.500. The van der Waals surface area contributed by atoms with E-state index in [1.165, 1.54) is 30.4 Å².